The van der Waals surface area contributed by atoms with Gasteiger partial charge in [-0.25, -0.2) is 0 Å². The average Bonchev–Trinajstić information content (AvgIpc) is 3.14. The van der Waals surface area contributed by atoms with E-state index in [0.717, 1.165) is 11.1 Å². The highest BCUT2D eigenvalue weighted by molar-refractivity contribution is 6.04. The van der Waals surface area contributed by atoms with Gasteiger partial charge in [0.05, 0.1) is 18.5 Å². The third-order valence-electron chi connectivity index (χ3n) is 3.81. The highest BCUT2D eigenvalue weighted by atomic mass is 19.3. The van der Waals surface area contributed by atoms with E-state index in [1.165, 1.54) is 12.1 Å². The lowest BCUT2D eigenvalue weighted by Crippen LogP contribution is -2.14. The van der Waals surface area contributed by atoms with Gasteiger partial charge < -0.3 is 14.8 Å². The quantitative estimate of drug-likeness (QED) is 0.677. The maximum atomic E-state index is 12.6. The zero-order valence-corrected chi connectivity index (χ0v) is 14.6. The van der Waals surface area contributed by atoms with Crippen LogP contribution in [0.2, 0.25) is 0 Å². The van der Waals surface area contributed by atoms with Crippen molar-refractivity contribution in [3.05, 3.63) is 59.8 Å². The van der Waals surface area contributed by atoms with E-state index in [4.69, 9.17) is 4.74 Å². The molecule has 0 aliphatic heterocycles. The van der Waals surface area contributed by atoms with Crippen LogP contribution in [0.5, 0.6) is 11.5 Å². The van der Waals surface area contributed by atoms with Gasteiger partial charge in [0.2, 0.25) is 0 Å². The monoisotopic (exact) mass is 373 g/mol. The minimum absolute atomic E-state index is 0.103. The molecular weight excluding hydrogens is 356 g/mol. The smallest absolute Gasteiger partial charge is 0.387 e. The lowest BCUT2D eigenvalue weighted by atomic mass is 10.1. The fourth-order valence-corrected chi connectivity index (χ4v) is 2.46. The van der Waals surface area contributed by atoms with Crippen molar-refractivity contribution in [2.24, 2.45) is 0 Å². The number of nitrogens with one attached hydrogen (secondary N) is 2. The van der Waals surface area contributed by atoms with Gasteiger partial charge in [0.1, 0.15) is 17.2 Å². The topological polar surface area (TPSA) is 76.2 Å². The van der Waals surface area contributed by atoms with Gasteiger partial charge in [-0.2, -0.15) is 13.9 Å². The SMILES string of the molecule is COc1ccc(-c2cc(C(=O)Nc3ccc(C)cc3OC(F)F)[nH]n2)cc1. The van der Waals surface area contributed by atoms with Gasteiger partial charge in [-0.05, 0) is 55.0 Å². The Hall–Kier alpha value is -3.42. The van der Waals surface area contributed by atoms with Crippen LogP contribution < -0.4 is 14.8 Å². The predicted molar refractivity (Wildman–Crippen MR) is 96.3 cm³/mol. The normalized spacial score (nSPS) is 10.7. The van der Waals surface area contributed by atoms with E-state index in [2.05, 4.69) is 20.3 Å². The predicted octanol–water partition coefficient (Wildman–Crippen LogP) is 4.25. The zero-order chi connectivity index (χ0) is 19.4. The van der Waals surface area contributed by atoms with Crippen molar-refractivity contribution >= 4 is 11.6 Å². The number of anilines is 1. The van der Waals surface area contributed by atoms with E-state index >= 15 is 0 Å². The number of hydrogen-bond donors (Lipinski definition) is 2. The number of aromatic amines is 1. The molecule has 1 heterocycles. The second-order valence-electron chi connectivity index (χ2n) is 5.73. The first kappa shape index (κ1) is 18.4. The number of amides is 1. The van der Waals surface area contributed by atoms with Crippen LogP contribution >= 0.6 is 0 Å². The Kier molecular flexibility index (Phi) is 5.35. The average molecular weight is 373 g/mol. The lowest BCUT2D eigenvalue weighted by molar-refractivity contribution is -0.0494. The Labute approximate surface area is 154 Å². The molecule has 1 amide bonds. The van der Waals surface area contributed by atoms with Crippen LogP contribution in [0.3, 0.4) is 0 Å². The summed E-state index contributed by atoms with van der Waals surface area (Å²) in [7, 11) is 1.57. The van der Waals surface area contributed by atoms with Crippen LogP contribution in [-0.2, 0) is 0 Å². The summed E-state index contributed by atoms with van der Waals surface area (Å²) in [6.07, 6.45) is 0. The van der Waals surface area contributed by atoms with Crippen molar-refractivity contribution in [1.29, 1.82) is 0 Å². The molecular formula is C19H17F2N3O3. The van der Waals surface area contributed by atoms with Crippen LogP contribution in [-0.4, -0.2) is 29.8 Å². The van der Waals surface area contributed by atoms with E-state index in [1.807, 2.05) is 12.1 Å². The molecule has 3 aromatic rings. The summed E-state index contributed by atoms with van der Waals surface area (Å²) in [5.74, 6) is 0.0802. The zero-order valence-electron chi connectivity index (χ0n) is 14.6. The molecule has 0 bridgehead atoms. The molecule has 0 saturated heterocycles. The molecule has 0 spiro atoms. The number of halogens is 2. The summed E-state index contributed by atoms with van der Waals surface area (Å²) in [6, 6.07) is 13.4. The number of methoxy groups -OCH3 is 1. The number of alkyl halides is 2. The molecule has 0 atom stereocenters. The minimum Gasteiger partial charge on any atom is -0.497 e. The maximum Gasteiger partial charge on any atom is 0.387 e. The first-order valence-corrected chi connectivity index (χ1v) is 8.03. The molecule has 1 aromatic heterocycles. The number of ether oxygens (including phenoxy) is 2. The highest BCUT2D eigenvalue weighted by Gasteiger charge is 2.16. The Bertz CT molecular complexity index is 940. The van der Waals surface area contributed by atoms with Crippen molar-refractivity contribution < 1.29 is 23.0 Å². The first-order chi connectivity index (χ1) is 13.0. The second-order valence-corrected chi connectivity index (χ2v) is 5.73. The first-order valence-electron chi connectivity index (χ1n) is 8.03. The number of aromatic nitrogens is 2. The summed E-state index contributed by atoms with van der Waals surface area (Å²) in [6.45, 7) is -1.25. The second kappa shape index (κ2) is 7.86. The lowest BCUT2D eigenvalue weighted by Gasteiger charge is -2.12. The Morgan fingerprint density at radius 2 is 1.89 bits per heavy atom. The Morgan fingerprint density at radius 1 is 1.15 bits per heavy atom. The molecule has 8 heteroatoms. The molecule has 0 saturated carbocycles. The van der Waals surface area contributed by atoms with Crippen LogP contribution in [0.4, 0.5) is 14.5 Å². The molecule has 140 valence electrons. The van der Waals surface area contributed by atoms with Crippen molar-refractivity contribution in [2.45, 2.75) is 13.5 Å². The molecule has 3 rings (SSSR count). The molecule has 0 aliphatic rings. The Morgan fingerprint density at radius 3 is 2.56 bits per heavy atom. The molecule has 0 fully saturated rings. The number of aryl methyl sites for hydroxylation is 1. The van der Waals surface area contributed by atoms with Crippen molar-refractivity contribution in [1.82, 2.24) is 10.2 Å². The largest absolute Gasteiger partial charge is 0.497 e. The number of rotatable bonds is 6. The van der Waals surface area contributed by atoms with Gasteiger partial charge in [0.25, 0.3) is 5.91 Å². The number of carbonyl (C=O) groups excluding carboxylic acids is 1. The van der Waals surface area contributed by atoms with Crippen molar-refractivity contribution in [3.8, 4) is 22.8 Å². The molecule has 0 unspecified atom stereocenters. The molecule has 6 nitrogen and oxygen atoms in total. The number of H-pyrrole nitrogens is 1. The summed E-state index contributed by atoms with van der Waals surface area (Å²) in [4.78, 5) is 12.4. The summed E-state index contributed by atoms with van der Waals surface area (Å²) in [5, 5.41) is 9.31. The molecule has 27 heavy (non-hydrogen) atoms. The fourth-order valence-electron chi connectivity index (χ4n) is 2.46. The summed E-state index contributed by atoms with van der Waals surface area (Å²) >= 11 is 0. The van der Waals surface area contributed by atoms with Gasteiger partial charge in [-0.3, -0.25) is 9.89 Å². The third kappa shape index (κ3) is 4.41. The van der Waals surface area contributed by atoms with E-state index < -0.39 is 12.5 Å². The minimum atomic E-state index is -2.99. The molecule has 0 aliphatic carbocycles. The van der Waals surface area contributed by atoms with Gasteiger partial charge in [0, 0.05) is 5.56 Å². The number of hydrogen-bond acceptors (Lipinski definition) is 4. The van der Waals surface area contributed by atoms with E-state index in [0.29, 0.717) is 11.4 Å². The highest BCUT2D eigenvalue weighted by Crippen LogP contribution is 2.28. The third-order valence-corrected chi connectivity index (χ3v) is 3.81. The van der Waals surface area contributed by atoms with Gasteiger partial charge in [-0.1, -0.05) is 6.07 Å². The van der Waals surface area contributed by atoms with Gasteiger partial charge in [-0.15, -0.1) is 0 Å². The number of nitrogens with zero attached hydrogens (tertiary/aromatic N) is 1. The molecule has 2 N–H and O–H groups in total. The van der Waals surface area contributed by atoms with E-state index in [9.17, 15) is 13.6 Å². The molecule has 0 radical (unpaired) electrons. The van der Waals surface area contributed by atoms with Crippen LogP contribution in [0.1, 0.15) is 16.1 Å². The number of benzene rings is 2. The van der Waals surface area contributed by atoms with Gasteiger partial charge in [0.15, 0.2) is 0 Å². The van der Waals surface area contributed by atoms with Crippen molar-refractivity contribution in [2.75, 3.05) is 12.4 Å². The van der Waals surface area contributed by atoms with Crippen LogP contribution in [0, 0.1) is 6.92 Å². The van der Waals surface area contributed by atoms with Crippen LogP contribution in [0.25, 0.3) is 11.3 Å². The van der Waals surface area contributed by atoms with Crippen molar-refractivity contribution in [3.63, 3.8) is 0 Å². The van der Waals surface area contributed by atoms with Crippen LogP contribution in [0.15, 0.2) is 48.5 Å². The van der Waals surface area contributed by atoms with E-state index in [1.54, 1.807) is 38.3 Å². The number of carbonyl (C=O) groups is 1. The maximum absolute atomic E-state index is 12.6. The standard InChI is InChI=1S/C19H17F2N3O3/c1-11-3-8-14(17(9-11)27-19(20)21)22-18(25)16-10-15(23-24-16)12-4-6-13(26-2)7-5-12/h3-10,19H,1-2H3,(H,22,25)(H,23,24). The Balaban J connectivity index is 1.78. The molecule has 2 aromatic carbocycles. The fraction of sp³-hybridized carbons (Fsp3) is 0.158. The van der Waals surface area contributed by atoms with E-state index in [-0.39, 0.29) is 17.1 Å². The summed E-state index contributed by atoms with van der Waals surface area (Å²) < 4.78 is 34.7. The van der Waals surface area contributed by atoms with Gasteiger partial charge >= 0.3 is 6.61 Å². The summed E-state index contributed by atoms with van der Waals surface area (Å²) in [5.41, 5.74) is 2.42.